The second kappa shape index (κ2) is 4.17. The first kappa shape index (κ1) is 10.4. The van der Waals surface area contributed by atoms with E-state index >= 15 is 0 Å². The molecule has 0 aliphatic carbocycles. The Balaban J connectivity index is 2.74. The van der Waals surface area contributed by atoms with Crippen molar-refractivity contribution in [2.24, 2.45) is 0 Å². The van der Waals surface area contributed by atoms with Crippen LogP contribution in [0.25, 0.3) is 10.1 Å². The molecule has 0 aliphatic rings. The maximum atomic E-state index is 8.68. The molecule has 1 nitrogen and oxygen atoms in total. The largest absolute Gasteiger partial charge is 0.198 e. The third kappa shape index (κ3) is 1.81. The minimum atomic E-state index is 0.485. The Morgan fingerprint density at radius 3 is 3.00 bits per heavy atom. The van der Waals surface area contributed by atoms with E-state index in [0.29, 0.717) is 6.42 Å². The second-order valence-corrected chi connectivity index (χ2v) is 5.87. The molecule has 0 atom stereocenters. The molecule has 0 N–H and O–H groups in total. The molecule has 1 aromatic carbocycles. The molecule has 0 fully saturated rings. The Morgan fingerprint density at radius 1 is 1.50 bits per heavy atom. The summed E-state index contributed by atoms with van der Waals surface area (Å²) in [6.07, 6.45) is 0.485. The third-order valence-corrected chi connectivity index (χ3v) is 4.16. The van der Waals surface area contributed by atoms with Crippen LogP contribution >= 0.6 is 49.9 Å². The highest BCUT2D eigenvalue weighted by atomic mass is 127. The molecule has 14 heavy (non-hydrogen) atoms. The van der Waals surface area contributed by atoms with Crippen molar-refractivity contribution >= 4 is 59.9 Å². The van der Waals surface area contributed by atoms with Crippen LogP contribution in [0.1, 0.15) is 5.56 Å². The molecule has 4 heteroatoms. The normalized spacial score (nSPS) is 10.4. The number of hydrogen-bond acceptors (Lipinski definition) is 2. The topological polar surface area (TPSA) is 23.8 Å². The number of nitriles is 1. The molecule has 0 radical (unpaired) electrons. The molecule has 0 bridgehead atoms. The fourth-order valence-corrected chi connectivity index (χ4v) is 4.50. The summed E-state index contributed by atoms with van der Waals surface area (Å²) < 4.78 is 3.55. The Bertz CT molecular complexity index is 527. The molecule has 0 aliphatic heterocycles. The van der Waals surface area contributed by atoms with Gasteiger partial charge in [-0.25, -0.2) is 0 Å². The highest BCUT2D eigenvalue weighted by Crippen LogP contribution is 2.34. The summed E-state index contributed by atoms with van der Waals surface area (Å²) in [6.45, 7) is 0. The van der Waals surface area contributed by atoms with Gasteiger partial charge in [0.1, 0.15) is 0 Å². The number of halogens is 2. The summed E-state index contributed by atoms with van der Waals surface area (Å²) >= 11 is 7.53. The van der Waals surface area contributed by atoms with Gasteiger partial charge < -0.3 is 0 Å². The van der Waals surface area contributed by atoms with Crippen LogP contribution in [0.3, 0.4) is 0 Å². The number of hydrogen-bond donors (Lipinski definition) is 0. The monoisotopic (exact) mass is 377 g/mol. The molecule has 0 saturated carbocycles. The van der Waals surface area contributed by atoms with Gasteiger partial charge in [0.2, 0.25) is 0 Å². The second-order valence-electron chi connectivity index (χ2n) is 2.86. The van der Waals surface area contributed by atoms with Crippen molar-refractivity contribution in [2.45, 2.75) is 6.42 Å². The number of nitrogens with zero attached hydrogens (tertiary/aromatic N) is 1. The maximum Gasteiger partial charge on any atom is 0.0670 e. The van der Waals surface area contributed by atoms with Crippen molar-refractivity contribution in [3.63, 3.8) is 0 Å². The molecular formula is C10H5BrINS. The van der Waals surface area contributed by atoms with E-state index in [4.69, 9.17) is 5.26 Å². The molecule has 0 spiro atoms. The van der Waals surface area contributed by atoms with Crippen molar-refractivity contribution in [1.29, 1.82) is 5.26 Å². The van der Waals surface area contributed by atoms with Crippen LogP contribution in [0.5, 0.6) is 0 Å². The highest BCUT2D eigenvalue weighted by molar-refractivity contribution is 14.1. The van der Waals surface area contributed by atoms with Crippen LogP contribution in [0, 0.1) is 14.9 Å². The van der Waals surface area contributed by atoms with Crippen LogP contribution < -0.4 is 0 Å². The lowest BCUT2D eigenvalue weighted by molar-refractivity contribution is 1.30. The Kier molecular flexibility index (Phi) is 3.10. The molecule has 70 valence electrons. The number of rotatable bonds is 1. The highest BCUT2D eigenvalue weighted by Gasteiger charge is 2.08. The maximum absolute atomic E-state index is 8.68. The van der Waals surface area contributed by atoms with Gasteiger partial charge in [-0.05, 0) is 45.7 Å². The molecule has 1 aromatic heterocycles. The van der Waals surface area contributed by atoms with E-state index in [9.17, 15) is 0 Å². The lowest BCUT2D eigenvalue weighted by Crippen LogP contribution is -1.80. The number of thiophene rings is 1. The Morgan fingerprint density at radius 2 is 2.29 bits per heavy atom. The van der Waals surface area contributed by atoms with Crippen molar-refractivity contribution in [3.05, 3.63) is 31.1 Å². The van der Waals surface area contributed by atoms with Crippen LogP contribution in [-0.2, 0) is 6.42 Å². The van der Waals surface area contributed by atoms with Crippen molar-refractivity contribution in [2.75, 3.05) is 0 Å². The minimum Gasteiger partial charge on any atom is -0.198 e. The minimum absolute atomic E-state index is 0.485. The van der Waals surface area contributed by atoms with Crippen LogP contribution in [-0.4, -0.2) is 0 Å². The Labute approximate surface area is 108 Å². The third-order valence-electron chi connectivity index (χ3n) is 1.94. The zero-order valence-corrected chi connectivity index (χ0v) is 11.6. The van der Waals surface area contributed by atoms with E-state index in [1.165, 1.54) is 13.7 Å². The molecule has 2 aromatic rings. The fourth-order valence-electron chi connectivity index (χ4n) is 1.36. The summed E-state index contributed by atoms with van der Waals surface area (Å²) in [6, 6.07) is 6.41. The first-order valence-electron chi connectivity index (χ1n) is 3.94. The standard InChI is InChI=1S/C10H5BrINS/c11-8-3-7(12)4-9-10(8)6(1-2-13)5-14-9/h3-5H,1H2. The Hall–Kier alpha value is -0.120. The molecule has 1 heterocycles. The lowest BCUT2D eigenvalue weighted by atomic mass is 10.1. The SMILES string of the molecule is N#CCc1csc2cc(I)cc(Br)c12. The van der Waals surface area contributed by atoms with Crippen molar-refractivity contribution < 1.29 is 0 Å². The van der Waals surface area contributed by atoms with Crippen LogP contribution in [0.2, 0.25) is 0 Å². The van der Waals surface area contributed by atoms with Gasteiger partial charge in [0.25, 0.3) is 0 Å². The van der Waals surface area contributed by atoms with Gasteiger partial charge in [-0.3, -0.25) is 0 Å². The average Bonchev–Trinajstić information content (AvgIpc) is 2.49. The van der Waals surface area contributed by atoms with Gasteiger partial charge in [0.15, 0.2) is 0 Å². The van der Waals surface area contributed by atoms with Crippen molar-refractivity contribution in [1.82, 2.24) is 0 Å². The van der Waals surface area contributed by atoms with Crippen LogP contribution in [0.4, 0.5) is 0 Å². The van der Waals surface area contributed by atoms with Gasteiger partial charge >= 0.3 is 0 Å². The van der Waals surface area contributed by atoms with E-state index in [-0.39, 0.29) is 0 Å². The summed E-state index contributed by atoms with van der Waals surface area (Å²) in [5, 5.41) is 11.9. The number of fused-ring (bicyclic) bond motifs is 1. The summed E-state index contributed by atoms with van der Waals surface area (Å²) in [5.41, 5.74) is 1.12. The van der Waals surface area contributed by atoms with E-state index in [1.54, 1.807) is 11.3 Å². The van der Waals surface area contributed by atoms with Crippen molar-refractivity contribution in [3.8, 4) is 6.07 Å². The first-order chi connectivity index (χ1) is 6.72. The molecular weight excluding hydrogens is 373 g/mol. The van der Waals surface area contributed by atoms with Gasteiger partial charge in [0, 0.05) is 18.1 Å². The van der Waals surface area contributed by atoms with Crippen LogP contribution in [0.15, 0.2) is 22.0 Å². The predicted molar refractivity (Wildman–Crippen MR) is 71.6 cm³/mol. The smallest absolute Gasteiger partial charge is 0.0670 e. The van der Waals surface area contributed by atoms with E-state index in [0.717, 1.165) is 10.0 Å². The molecule has 2 rings (SSSR count). The summed E-state index contributed by atoms with van der Waals surface area (Å²) in [5.74, 6) is 0. The molecule has 0 amide bonds. The zero-order chi connectivity index (χ0) is 10.1. The van der Waals surface area contributed by atoms with E-state index in [1.807, 2.05) is 0 Å². The predicted octanol–water partition coefficient (Wildman–Crippen LogP) is 4.33. The van der Waals surface area contributed by atoms with Gasteiger partial charge in [-0.2, -0.15) is 5.26 Å². The quantitative estimate of drug-likeness (QED) is 0.678. The van der Waals surface area contributed by atoms with E-state index in [2.05, 4.69) is 62.1 Å². The zero-order valence-electron chi connectivity index (χ0n) is 7.05. The molecule has 0 saturated heterocycles. The van der Waals surface area contributed by atoms with Gasteiger partial charge in [-0.15, -0.1) is 11.3 Å². The molecule has 0 unspecified atom stereocenters. The first-order valence-corrected chi connectivity index (χ1v) is 6.69. The summed E-state index contributed by atoms with van der Waals surface area (Å²) in [4.78, 5) is 0. The summed E-state index contributed by atoms with van der Waals surface area (Å²) in [7, 11) is 0. The van der Waals surface area contributed by atoms with Gasteiger partial charge in [-0.1, -0.05) is 15.9 Å². The lowest BCUT2D eigenvalue weighted by Gasteiger charge is -1.98. The van der Waals surface area contributed by atoms with Gasteiger partial charge in [0.05, 0.1) is 12.5 Å². The fraction of sp³-hybridized carbons (Fsp3) is 0.100. The van der Waals surface area contributed by atoms with E-state index < -0.39 is 0 Å². The average molecular weight is 378 g/mol. The number of benzene rings is 1.